The lowest BCUT2D eigenvalue weighted by Gasteiger charge is -2.22. The van der Waals surface area contributed by atoms with Crippen molar-refractivity contribution in [2.45, 2.75) is 32.0 Å². The van der Waals surface area contributed by atoms with Gasteiger partial charge < -0.3 is 4.90 Å². The predicted octanol–water partition coefficient (Wildman–Crippen LogP) is 2.81. The monoisotopic (exact) mass is 369 g/mol. The van der Waals surface area contributed by atoms with Gasteiger partial charge in [0.1, 0.15) is 18.2 Å². The van der Waals surface area contributed by atoms with Gasteiger partial charge in [0.15, 0.2) is 0 Å². The van der Waals surface area contributed by atoms with Crippen LogP contribution in [0.25, 0.3) is 11.4 Å². The number of nitrogens with zero attached hydrogens (tertiary/aromatic N) is 5. The molecule has 8 heteroatoms. The lowest BCUT2D eigenvalue weighted by molar-refractivity contribution is -0.133. The summed E-state index contributed by atoms with van der Waals surface area (Å²) in [6.07, 6.45) is 1.82. The van der Waals surface area contributed by atoms with Gasteiger partial charge in [-0.25, -0.2) is 8.78 Å². The zero-order chi connectivity index (χ0) is 18.8. The first kappa shape index (κ1) is 17.3. The fourth-order valence-electron chi connectivity index (χ4n) is 2.85. The van der Waals surface area contributed by atoms with E-state index in [1.807, 2.05) is 0 Å². The van der Waals surface area contributed by atoms with Gasteiger partial charge in [0.2, 0.25) is 11.7 Å². The summed E-state index contributed by atoms with van der Waals surface area (Å²) < 4.78 is 27.0. The number of amides is 1. The summed E-state index contributed by atoms with van der Waals surface area (Å²) >= 11 is 0. The summed E-state index contributed by atoms with van der Waals surface area (Å²) in [5.41, 5.74) is 1.09. The molecule has 1 fully saturated rings. The summed E-state index contributed by atoms with van der Waals surface area (Å²) in [5.74, 6) is -0.554. The average Bonchev–Trinajstić information content (AvgIpc) is 3.40. The van der Waals surface area contributed by atoms with Gasteiger partial charge in [0.25, 0.3) is 0 Å². The van der Waals surface area contributed by atoms with E-state index in [1.54, 1.807) is 35.2 Å². The molecule has 0 aliphatic heterocycles. The third-order valence-corrected chi connectivity index (χ3v) is 4.44. The average molecular weight is 369 g/mol. The van der Waals surface area contributed by atoms with Crippen molar-refractivity contribution in [3.63, 3.8) is 0 Å². The van der Waals surface area contributed by atoms with Crippen molar-refractivity contribution in [3.8, 4) is 11.4 Å². The lowest BCUT2D eigenvalue weighted by Crippen LogP contribution is -2.36. The van der Waals surface area contributed by atoms with Gasteiger partial charge in [-0.05, 0) is 48.4 Å². The molecule has 1 aromatic heterocycles. The number of carbonyl (C=O) groups excluding carboxylic acids is 1. The minimum absolute atomic E-state index is 0.0842. The number of benzene rings is 2. The third kappa shape index (κ3) is 3.99. The maximum Gasteiger partial charge on any atom is 0.246 e. The molecule has 4 rings (SSSR count). The van der Waals surface area contributed by atoms with Crippen LogP contribution in [0.4, 0.5) is 8.78 Å². The Hall–Kier alpha value is -3.16. The maximum atomic E-state index is 13.9. The molecule has 0 radical (unpaired) electrons. The highest BCUT2D eigenvalue weighted by molar-refractivity contribution is 5.76. The molecule has 3 aromatic rings. The Morgan fingerprint density at radius 1 is 1.11 bits per heavy atom. The Morgan fingerprint density at radius 2 is 1.85 bits per heavy atom. The van der Waals surface area contributed by atoms with Crippen LogP contribution in [-0.4, -0.2) is 37.1 Å². The molecule has 27 heavy (non-hydrogen) atoms. The summed E-state index contributed by atoms with van der Waals surface area (Å²) in [6.45, 7) is 0.134. The summed E-state index contributed by atoms with van der Waals surface area (Å²) in [5, 5.41) is 12.0. The molecule has 0 atom stereocenters. The molecule has 0 bridgehead atoms. The number of hydrogen-bond acceptors (Lipinski definition) is 4. The number of rotatable bonds is 6. The zero-order valence-electron chi connectivity index (χ0n) is 14.4. The van der Waals surface area contributed by atoms with Gasteiger partial charge in [-0.1, -0.05) is 18.2 Å². The molecular formula is C19H17F2N5O. The smallest absolute Gasteiger partial charge is 0.246 e. The van der Waals surface area contributed by atoms with E-state index in [2.05, 4.69) is 15.4 Å². The molecule has 1 saturated carbocycles. The van der Waals surface area contributed by atoms with Crippen molar-refractivity contribution in [2.75, 3.05) is 0 Å². The van der Waals surface area contributed by atoms with Gasteiger partial charge in [0.05, 0.1) is 0 Å². The van der Waals surface area contributed by atoms with E-state index in [9.17, 15) is 13.6 Å². The third-order valence-electron chi connectivity index (χ3n) is 4.44. The Morgan fingerprint density at radius 3 is 2.56 bits per heavy atom. The summed E-state index contributed by atoms with van der Waals surface area (Å²) in [7, 11) is 0. The van der Waals surface area contributed by atoms with Crippen molar-refractivity contribution in [1.82, 2.24) is 25.1 Å². The molecule has 2 aromatic carbocycles. The maximum absolute atomic E-state index is 13.9. The fourth-order valence-corrected chi connectivity index (χ4v) is 2.85. The number of halogens is 2. The summed E-state index contributed by atoms with van der Waals surface area (Å²) in [4.78, 5) is 15.6. The molecule has 138 valence electrons. The standard InChI is InChI=1S/C19H17F2N5O/c20-15-7-5-13(6-8-15)19-22-24-26(23-19)12-18(27)25(16-9-10-16)11-14-3-1-2-4-17(14)21/h1-8,16H,9-12H2. The minimum atomic E-state index is -0.352. The van der Waals surface area contributed by atoms with Crippen molar-refractivity contribution in [2.24, 2.45) is 0 Å². The van der Waals surface area contributed by atoms with E-state index in [0.29, 0.717) is 17.0 Å². The van der Waals surface area contributed by atoms with Crippen LogP contribution in [0.1, 0.15) is 18.4 Å². The number of tetrazole rings is 1. The fraction of sp³-hybridized carbons (Fsp3) is 0.263. The number of hydrogen-bond donors (Lipinski definition) is 0. The van der Waals surface area contributed by atoms with Crippen molar-refractivity contribution in [3.05, 3.63) is 65.7 Å². The van der Waals surface area contributed by atoms with Gasteiger partial charge in [0, 0.05) is 23.7 Å². The van der Waals surface area contributed by atoms with Crippen molar-refractivity contribution >= 4 is 5.91 Å². The van der Waals surface area contributed by atoms with Crippen LogP contribution >= 0.6 is 0 Å². The molecule has 1 amide bonds. The van der Waals surface area contributed by atoms with Crippen LogP contribution in [0.5, 0.6) is 0 Å². The van der Waals surface area contributed by atoms with Crippen molar-refractivity contribution < 1.29 is 13.6 Å². The molecule has 1 aliphatic rings. The summed E-state index contributed by atoms with van der Waals surface area (Å²) in [6, 6.07) is 12.3. The van der Waals surface area contributed by atoms with Crippen LogP contribution < -0.4 is 0 Å². The highest BCUT2D eigenvalue weighted by atomic mass is 19.1. The van der Waals surface area contributed by atoms with Gasteiger partial charge in [-0.2, -0.15) is 4.80 Å². The van der Waals surface area contributed by atoms with Crippen LogP contribution in [0.2, 0.25) is 0 Å². The molecular weight excluding hydrogens is 352 g/mol. The molecule has 6 nitrogen and oxygen atoms in total. The molecule has 0 saturated heterocycles. The number of aromatic nitrogens is 4. The Labute approximate surface area is 154 Å². The second kappa shape index (κ2) is 7.22. The second-order valence-electron chi connectivity index (χ2n) is 6.49. The van der Waals surface area contributed by atoms with E-state index in [0.717, 1.165) is 12.8 Å². The first-order chi connectivity index (χ1) is 13.1. The van der Waals surface area contributed by atoms with Crippen LogP contribution in [0.3, 0.4) is 0 Å². The highest BCUT2D eigenvalue weighted by Gasteiger charge is 2.33. The van der Waals surface area contributed by atoms with E-state index >= 15 is 0 Å². The van der Waals surface area contributed by atoms with E-state index in [4.69, 9.17) is 0 Å². The lowest BCUT2D eigenvalue weighted by atomic mass is 10.2. The van der Waals surface area contributed by atoms with Gasteiger partial charge in [-0.3, -0.25) is 4.79 Å². The normalized spacial score (nSPS) is 13.6. The first-order valence-electron chi connectivity index (χ1n) is 8.67. The van der Waals surface area contributed by atoms with E-state index < -0.39 is 0 Å². The minimum Gasteiger partial charge on any atom is -0.334 e. The predicted molar refractivity (Wildman–Crippen MR) is 93.2 cm³/mol. The largest absolute Gasteiger partial charge is 0.334 e. The van der Waals surface area contributed by atoms with Crippen LogP contribution in [0.15, 0.2) is 48.5 Å². The molecule has 0 spiro atoms. The Bertz CT molecular complexity index is 953. The molecule has 0 N–H and O–H groups in total. The SMILES string of the molecule is O=C(Cn1nnc(-c2ccc(F)cc2)n1)N(Cc1ccccc1F)C1CC1. The second-order valence-corrected chi connectivity index (χ2v) is 6.49. The Balaban J connectivity index is 1.47. The number of carbonyl (C=O) groups is 1. The Kier molecular flexibility index (Phi) is 4.62. The van der Waals surface area contributed by atoms with Gasteiger partial charge >= 0.3 is 0 Å². The first-order valence-corrected chi connectivity index (χ1v) is 8.67. The van der Waals surface area contributed by atoms with E-state index in [1.165, 1.54) is 23.0 Å². The molecule has 1 aliphatic carbocycles. The quantitative estimate of drug-likeness (QED) is 0.670. The zero-order valence-corrected chi connectivity index (χ0v) is 14.4. The van der Waals surface area contributed by atoms with Crippen LogP contribution in [-0.2, 0) is 17.9 Å². The molecule has 0 unspecified atom stereocenters. The topological polar surface area (TPSA) is 63.9 Å². The van der Waals surface area contributed by atoms with Gasteiger partial charge in [-0.15, -0.1) is 10.2 Å². The van der Waals surface area contributed by atoms with E-state index in [-0.39, 0.29) is 36.7 Å². The van der Waals surface area contributed by atoms with Crippen molar-refractivity contribution in [1.29, 1.82) is 0 Å². The van der Waals surface area contributed by atoms with Crippen LogP contribution in [0, 0.1) is 11.6 Å². The highest BCUT2D eigenvalue weighted by Crippen LogP contribution is 2.29. The molecule has 1 heterocycles.